The zero-order valence-electron chi connectivity index (χ0n) is 26.6. The van der Waals surface area contributed by atoms with E-state index in [0.29, 0.717) is 0 Å². The molecule has 0 amide bonds. The van der Waals surface area contributed by atoms with Crippen molar-refractivity contribution in [1.82, 2.24) is 14.4 Å². The summed E-state index contributed by atoms with van der Waals surface area (Å²) in [5.74, 6) is 0. The fourth-order valence-corrected chi connectivity index (χ4v) is 7.38. The summed E-state index contributed by atoms with van der Waals surface area (Å²) in [5.41, 5.74) is 10.9. The summed E-state index contributed by atoms with van der Waals surface area (Å²) < 4.78 is 2.06. The highest BCUT2D eigenvalue weighted by molar-refractivity contribution is 6.25. The molecule has 0 saturated heterocycles. The van der Waals surface area contributed by atoms with Gasteiger partial charge in [-0.1, -0.05) is 127 Å². The highest BCUT2D eigenvalue weighted by atomic mass is 15.0. The van der Waals surface area contributed by atoms with Crippen molar-refractivity contribution in [1.29, 1.82) is 0 Å². The Bertz CT molecular complexity index is 2850. The Morgan fingerprint density at radius 3 is 2.00 bits per heavy atom. The predicted octanol–water partition coefficient (Wildman–Crippen LogP) is 12.0. The standard InChI is InChI=1S/C46H29N3/c1-2-11-33-27-36(24-21-30(33)10-1)46-41-28-40(37-14-3-4-15-38(37)45(41)39-16-5-6-17-42(39)48-46)35-13-9-12-34(26-35)31-19-22-32(23-20-31)43-29-49-25-8-7-18-44(49)47-43/h1-29H. The lowest BCUT2D eigenvalue weighted by molar-refractivity contribution is 1.19. The maximum Gasteiger partial charge on any atom is 0.137 e. The van der Waals surface area contributed by atoms with E-state index in [0.717, 1.165) is 39.1 Å². The maximum atomic E-state index is 5.33. The van der Waals surface area contributed by atoms with Crippen LogP contribution in [-0.2, 0) is 0 Å². The van der Waals surface area contributed by atoms with Crippen molar-refractivity contribution in [2.75, 3.05) is 0 Å². The monoisotopic (exact) mass is 623 g/mol. The van der Waals surface area contributed by atoms with Crippen LogP contribution in [-0.4, -0.2) is 14.4 Å². The lowest BCUT2D eigenvalue weighted by Gasteiger charge is -2.17. The second-order valence-electron chi connectivity index (χ2n) is 12.7. The zero-order valence-corrected chi connectivity index (χ0v) is 26.6. The molecule has 0 aliphatic carbocycles. The van der Waals surface area contributed by atoms with E-state index in [9.17, 15) is 0 Å². The molecule has 0 aliphatic rings. The molecule has 0 bridgehead atoms. The first-order valence-corrected chi connectivity index (χ1v) is 16.7. The summed E-state index contributed by atoms with van der Waals surface area (Å²) in [7, 11) is 0. The van der Waals surface area contributed by atoms with Crippen molar-refractivity contribution < 1.29 is 0 Å². The van der Waals surface area contributed by atoms with Gasteiger partial charge in [0.1, 0.15) is 5.65 Å². The van der Waals surface area contributed by atoms with Crippen LogP contribution in [0.2, 0.25) is 0 Å². The molecule has 0 fully saturated rings. The molecular weight excluding hydrogens is 595 g/mol. The van der Waals surface area contributed by atoms with Gasteiger partial charge in [0.25, 0.3) is 0 Å². The molecule has 10 aromatic rings. The Labute approximate surface area is 283 Å². The van der Waals surface area contributed by atoms with Gasteiger partial charge < -0.3 is 4.40 Å². The first-order valence-electron chi connectivity index (χ1n) is 16.7. The minimum atomic E-state index is 0.948. The maximum absolute atomic E-state index is 5.33. The molecule has 3 heteroatoms. The van der Waals surface area contributed by atoms with Crippen LogP contribution < -0.4 is 0 Å². The van der Waals surface area contributed by atoms with Crippen LogP contribution in [0.1, 0.15) is 0 Å². The van der Waals surface area contributed by atoms with Gasteiger partial charge in [-0.15, -0.1) is 0 Å². The summed E-state index contributed by atoms with van der Waals surface area (Å²) in [6, 6.07) is 58.7. The smallest absolute Gasteiger partial charge is 0.137 e. The van der Waals surface area contributed by atoms with Gasteiger partial charge in [0.15, 0.2) is 0 Å². The molecule has 10 rings (SSSR count). The van der Waals surface area contributed by atoms with E-state index in [2.05, 4.69) is 156 Å². The molecule has 0 saturated carbocycles. The molecule has 0 aliphatic heterocycles. The Morgan fingerprint density at radius 1 is 0.408 bits per heavy atom. The van der Waals surface area contributed by atoms with Crippen LogP contribution >= 0.6 is 0 Å². The Balaban J connectivity index is 1.15. The van der Waals surface area contributed by atoms with E-state index in [1.54, 1.807) is 0 Å². The minimum Gasteiger partial charge on any atom is -0.306 e. The molecule has 0 N–H and O–H groups in total. The first-order chi connectivity index (χ1) is 24.3. The van der Waals surface area contributed by atoms with Gasteiger partial charge in [-0.25, -0.2) is 9.97 Å². The van der Waals surface area contributed by atoms with Crippen LogP contribution in [0.3, 0.4) is 0 Å². The zero-order chi connectivity index (χ0) is 32.3. The SMILES string of the molecule is c1cc(-c2ccc(-c3cn4ccccc4n3)cc2)cc(-c2cc3c(-c4ccc5ccccc5c4)nc4ccccc4c3c3ccccc23)c1. The fourth-order valence-electron chi connectivity index (χ4n) is 7.38. The van der Waals surface area contributed by atoms with E-state index in [-0.39, 0.29) is 0 Å². The third-order valence-electron chi connectivity index (χ3n) is 9.78. The number of imidazole rings is 1. The van der Waals surface area contributed by atoms with E-state index in [1.165, 1.54) is 54.6 Å². The van der Waals surface area contributed by atoms with Crippen molar-refractivity contribution in [2.45, 2.75) is 0 Å². The number of benzene rings is 7. The minimum absolute atomic E-state index is 0.948. The lowest BCUT2D eigenvalue weighted by Crippen LogP contribution is -1.93. The number of para-hydroxylation sites is 1. The Morgan fingerprint density at radius 2 is 1.12 bits per heavy atom. The third kappa shape index (κ3) is 4.59. The van der Waals surface area contributed by atoms with Crippen molar-refractivity contribution >= 4 is 48.9 Å². The highest BCUT2D eigenvalue weighted by Gasteiger charge is 2.17. The van der Waals surface area contributed by atoms with Gasteiger partial charge in [0.2, 0.25) is 0 Å². The molecule has 7 aromatic carbocycles. The number of aromatic nitrogens is 3. The van der Waals surface area contributed by atoms with Gasteiger partial charge in [-0.2, -0.15) is 0 Å². The van der Waals surface area contributed by atoms with Crippen molar-refractivity contribution in [3.63, 3.8) is 0 Å². The number of hydrogen-bond donors (Lipinski definition) is 0. The Kier molecular flexibility index (Phi) is 6.18. The number of hydrogen-bond acceptors (Lipinski definition) is 2. The van der Waals surface area contributed by atoms with E-state index < -0.39 is 0 Å². The Hall–Kier alpha value is -6.58. The van der Waals surface area contributed by atoms with Crippen LogP contribution in [0.15, 0.2) is 176 Å². The second-order valence-corrected chi connectivity index (χ2v) is 12.7. The van der Waals surface area contributed by atoms with Gasteiger partial charge in [0.05, 0.1) is 16.9 Å². The van der Waals surface area contributed by atoms with Crippen LogP contribution in [0, 0.1) is 0 Å². The molecule has 49 heavy (non-hydrogen) atoms. The predicted molar refractivity (Wildman–Crippen MR) is 205 cm³/mol. The highest BCUT2D eigenvalue weighted by Crippen LogP contribution is 2.42. The normalized spacial score (nSPS) is 11.7. The average molecular weight is 624 g/mol. The van der Waals surface area contributed by atoms with E-state index in [4.69, 9.17) is 9.97 Å². The number of pyridine rings is 2. The molecular formula is C46H29N3. The van der Waals surface area contributed by atoms with Crippen molar-refractivity contribution in [2.24, 2.45) is 0 Å². The molecule has 3 aromatic heterocycles. The van der Waals surface area contributed by atoms with Crippen LogP contribution in [0.5, 0.6) is 0 Å². The largest absolute Gasteiger partial charge is 0.306 e. The second kappa shape index (κ2) is 11.0. The summed E-state index contributed by atoms with van der Waals surface area (Å²) in [4.78, 5) is 10.1. The first kappa shape index (κ1) is 27.5. The van der Waals surface area contributed by atoms with Gasteiger partial charge in [-0.3, -0.25) is 0 Å². The van der Waals surface area contributed by atoms with E-state index in [1.807, 2.05) is 24.4 Å². The lowest BCUT2D eigenvalue weighted by atomic mass is 9.89. The summed E-state index contributed by atoms with van der Waals surface area (Å²) in [6.45, 7) is 0. The number of nitrogens with zero attached hydrogens (tertiary/aromatic N) is 3. The van der Waals surface area contributed by atoms with Gasteiger partial charge in [-0.05, 0) is 80.2 Å². The van der Waals surface area contributed by atoms with Gasteiger partial charge in [0, 0.05) is 39.7 Å². The van der Waals surface area contributed by atoms with Gasteiger partial charge >= 0.3 is 0 Å². The molecule has 0 spiro atoms. The molecule has 0 atom stereocenters. The van der Waals surface area contributed by atoms with Crippen molar-refractivity contribution in [3.8, 4) is 44.8 Å². The average Bonchev–Trinajstić information content (AvgIpc) is 3.62. The fraction of sp³-hybridized carbons (Fsp3) is 0. The summed E-state index contributed by atoms with van der Waals surface area (Å²) in [6.07, 6.45) is 4.12. The topological polar surface area (TPSA) is 30.2 Å². The molecule has 3 heterocycles. The summed E-state index contributed by atoms with van der Waals surface area (Å²) >= 11 is 0. The number of rotatable bonds is 4. The quantitative estimate of drug-likeness (QED) is 0.183. The van der Waals surface area contributed by atoms with Crippen LogP contribution in [0.4, 0.5) is 0 Å². The van der Waals surface area contributed by atoms with Crippen molar-refractivity contribution in [3.05, 3.63) is 176 Å². The summed E-state index contributed by atoms with van der Waals surface area (Å²) in [5, 5.41) is 8.48. The third-order valence-corrected chi connectivity index (χ3v) is 9.78. The molecule has 3 nitrogen and oxygen atoms in total. The molecule has 228 valence electrons. The number of fused-ring (bicyclic) bond motifs is 7. The molecule has 0 unspecified atom stereocenters. The molecule has 0 radical (unpaired) electrons. The van der Waals surface area contributed by atoms with E-state index >= 15 is 0 Å². The van der Waals surface area contributed by atoms with Crippen LogP contribution in [0.25, 0.3) is 93.6 Å².